The predicted octanol–water partition coefficient (Wildman–Crippen LogP) is 1.12. The van der Waals surface area contributed by atoms with Crippen LogP contribution < -0.4 is 16.4 Å². The molecule has 0 bridgehead atoms. The van der Waals surface area contributed by atoms with E-state index in [0.717, 1.165) is 48.4 Å². The summed E-state index contributed by atoms with van der Waals surface area (Å²) in [5.74, 6) is 0.377. The Bertz CT molecular complexity index is 641. The molecule has 0 spiro atoms. The minimum Gasteiger partial charge on any atom is -0.394 e. The first-order valence-corrected chi connectivity index (χ1v) is 7.85. The molecule has 1 fully saturated rings. The summed E-state index contributed by atoms with van der Waals surface area (Å²) in [7, 11) is 0. The van der Waals surface area contributed by atoms with Gasteiger partial charge in [-0.05, 0) is 15.9 Å². The Kier molecular flexibility index (Phi) is 4.39. The van der Waals surface area contributed by atoms with E-state index in [1.54, 1.807) is 12.5 Å². The lowest BCUT2D eigenvalue weighted by Gasteiger charge is -2.37. The lowest BCUT2D eigenvalue weighted by atomic mass is 10.2. The number of piperazine rings is 1. The molecule has 3 rings (SSSR count). The van der Waals surface area contributed by atoms with Crippen LogP contribution in [-0.2, 0) is 6.54 Å². The van der Waals surface area contributed by atoms with Crippen LogP contribution in [0.4, 0.5) is 17.2 Å². The van der Waals surface area contributed by atoms with E-state index < -0.39 is 0 Å². The quantitative estimate of drug-likeness (QED) is 0.842. The number of nitrogen functional groups attached to an aromatic ring is 2. The van der Waals surface area contributed by atoms with Gasteiger partial charge in [-0.15, -0.1) is 0 Å². The lowest BCUT2D eigenvalue weighted by molar-refractivity contribution is 0.249. The monoisotopic (exact) mass is 363 g/mol. The summed E-state index contributed by atoms with van der Waals surface area (Å²) in [5.41, 5.74) is 14.5. The highest BCUT2D eigenvalue weighted by Crippen LogP contribution is 2.35. The molecule has 0 radical (unpaired) electrons. The number of anilines is 3. The summed E-state index contributed by atoms with van der Waals surface area (Å²) >= 11 is 3.52. The molecule has 1 saturated heterocycles. The van der Waals surface area contributed by atoms with E-state index in [0.29, 0.717) is 11.5 Å². The third kappa shape index (κ3) is 3.12. The molecular weight excluding hydrogens is 346 g/mol. The van der Waals surface area contributed by atoms with E-state index in [9.17, 15) is 0 Å². The number of rotatable bonds is 3. The van der Waals surface area contributed by atoms with Gasteiger partial charge in [0, 0.05) is 56.9 Å². The van der Waals surface area contributed by atoms with Crippen molar-refractivity contribution in [1.29, 1.82) is 0 Å². The molecular formula is C14H18BrN7. The van der Waals surface area contributed by atoms with Crippen LogP contribution in [0.5, 0.6) is 0 Å². The molecule has 1 aliphatic rings. The Morgan fingerprint density at radius 2 is 1.73 bits per heavy atom. The number of aromatic nitrogens is 3. The van der Waals surface area contributed by atoms with Crippen molar-refractivity contribution in [2.45, 2.75) is 6.54 Å². The van der Waals surface area contributed by atoms with E-state index in [2.05, 4.69) is 40.7 Å². The second-order valence-electron chi connectivity index (χ2n) is 5.26. The van der Waals surface area contributed by atoms with E-state index >= 15 is 0 Å². The van der Waals surface area contributed by atoms with Crippen LogP contribution in [0.1, 0.15) is 5.56 Å². The highest BCUT2D eigenvalue weighted by molar-refractivity contribution is 9.10. The molecule has 7 nitrogen and oxygen atoms in total. The van der Waals surface area contributed by atoms with Gasteiger partial charge in [-0.25, -0.2) is 15.0 Å². The van der Waals surface area contributed by atoms with Crippen molar-refractivity contribution < 1.29 is 0 Å². The summed E-state index contributed by atoms with van der Waals surface area (Å²) in [6.45, 7) is 4.54. The first-order valence-electron chi connectivity index (χ1n) is 7.06. The van der Waals surface area contributed by atoms with Gasteiger partial charge >= 0.3 is 0 Å². The highest BCUT2D eigenvalue weighted by atomic mass is 79.9. The highest BCUT2D eigenvalue weighted by Gasteiger charge is 2.22. The van der Waals surface area contributed by atoms with E-state index in [1.807, 2.05) is 12.4 Å². The molecule has 1 aliphatic heterocycles. The fourth-order valence-corrected chi connectivity index (χ4v) is 3.19. The lowest BCUT2D eigenvalue weighted by Crippen LogP contribution is -2.46. The summed E-state index contributed by atoms with van der Waals surface area (Å²) in [6.07, 6.45) is 6.97. The molecule has 0 unspecified atom stereocenters. The largest absolute Gasteiger partial charge is 0.394 e. The van der Waals surface area contributed by atoms with Crippen molar-refractivity contribution in [1.82, 2.24) is 19.9 Å². The minimum atomic E-state index is 0.377. The van der Waals surface area contributed by atoms with E-state index in [-0.39, 0.29) is 0 Å². The van der Waals surface area contributed by atoms with Gasteiger partial charge in [0.05, 0.1) is 15.8 Å². The topological polar surface area (TPSA) is 97.2 Å². The second-order valence-corrected chi connectivity index (χ2v) is 6.12. The zero-order valence-electron chi connectivity index (χ0n) is 12.1. The van der Waals surface area contributed by atoms with Crippen molar-refractivity contribution in [3.8, 4) is 0 Å². The van der Waals surface area contributed by atoms with Crippen LogP contribution in [-0.4, -0.2) is 46.0 Å². The van der Waals surface area contributed by atoms with Gasteiger partial charge in [-0.3, -0.25) is 4.90 Å². The first-order chi connectivity index (χ1) is 10.6. The molecule has 0 saturated carbocycles. The molecule has 22 heavy (non-hydrogen) atoms. The van der Waals surface area contributed by atoms with Gasteiger partial charge in [-0.2, -0.15) is 0 Å². The zero-order valence-corrected chi connectivity index (χ0v) is 13.7. The Labute approximate surface area is 137 Å². The summed E-state index contributed by atoms with van der Waals surface area (Å²) in [6, 6.07) is 0. The Morgan fingerprint density at radius 1 is 1.05 bits per heavy atom. The first kappa shape index (κ1) is 15.0. The number of hydrogen-bond acceptors (Lipinski definition) is 7. The van der Waals surface area contributed by atoms with Crippen LogP contribution in [0.25, 0.3) is 0 Å². The van der Waals surface area contributed by atoms with Crippen molar-refractivity contribution in [2.75, 3.05) is 42.5 Å². The van der Waals surface area contributed by atoms with Crippen LogP contribution in [0.15, 0.2) is 29.4 Å². The molecule has 2 aromatic heterocycles. The van der Waals surface area contributed by atoms with Gasteiger partial charge in [0.2, 0.25) is 0 Å². The maximum absolute atomic E-state index is 6.08. The zero-order chi connectivity index (χ0) is 15.5. The predicted molar refractivity (Wildman–Crippen MR) is 90.3 cm³/mol. The third-order valence-corrected chi connectivity index (χ3v) is 4.36. The van der Waals surface area contributed by atoms with Gasteiger partial charge in [0.1, 0.15) is 12.1 Å². The summed E-state index contributed by atoms with van der Waals surface area (Å²) in [5, 5.41) is 0. The number of nitrogens with zero attached hydrogens (tertiary/aromatic N) is 5. The molecule has 0 atom stereocenters. The van der Waals surface area contributed by atoms with Crippen molar-refractivity contribution >= 4 is 33.1 Å². The summed E-state index contributed by atoms with van der Waals surface area (Å²) < 4.78 is 0.879. The van der Waals surface area contributed by atoms with E-state index in [4.69, 9.17) is 11.5 Å². The molecule has 4 N–H and O–H groups in total. The average molecular weight is 364 g/mol. The fraction of sp³-hybridized carbons (Fsp3) is 0.357. The van der Waals surface area contributed by atoms with Gasteiger partial charge < -0.3 is 16.4 Å². The number of nitrogens with two attached hydrogens (primary N) is 2. The van der Waals surface area contributed by atoms with Crippen molar-refractivity contribution in [3.63, 3.8) is 0 Å². The fourth-order valence-electron chi connectivity index (χ4n) is 2.63. The Morgan fingerprint density at radius 3 is 2.41 bits per heavy atom. The minimum absolute atomic E-state index is 0.377. The maximum Gasteiger partial charge on any atom is 0.148 e. The standard InChI is InChI=1S/C14H18BrN7/c15-11-7-20-14(17)12(16)13(11)22-3-1-21(2-4-22)8-10-5-18-9-19-6-10/h5-7,9H,1-4,8,16H2,(H2,17,20). The summed E-state index contributed by atoms with van der Waals surface area (Å²) in [4.78, 5) is 16.8. The van der Waals surface area contributed by atoms with Crippen LogP contribution in [0.3, 0.4) is 0 Å². The van der Waals surface area contributed by atoms with Gasteiger partial charge in [-0.1, -0.05) is 0 Å². The van der Waals surface area contributed by atoms with Crippen molar-refractivity contribution in [3.05, 3.63) is 35.0 Å². The second kappa shape index (κ2) is 6.45. The Balaban J connectivity index is 1.66. The maximum atomic E-state index is 6.08. The molecule has 116 valence electrons. The van der Waals surface area contributed by atoms with Crippen LogP contribution >= 0.6 is 15.9 Å². The van der Waals surface area contributed by atoms with E-state index in [1.165, 1.54) is 0 Å². The van der Waals surface area contributed by atoms with Gasteiger partial charge in [0.25, 0.3) is 0 Å². The Hall–Kier alpha value is -1.93. The van der Waals surface area contributed by atoms with Crippen LogP contribution in [0.2, 0.25) is 0 Å². The number of halogens is 1. The molecule has 2 aromatic rings. The molecule has 8 heteroatoms. The third-order valence-electron chi connectivity index (χ3n) is 3.78. The average Bonchev–Trinajstić information content (AvgIpc) is 2.54. The molecule has 0 amide bonds. The van der Waals surface area contributed by atoms with Crippen molar-refractivity contribution in [2.24, 2.45) is 0 Å². The molecule has 0 aliphatic carbocycles. The SMILES string of the molecule is Nc1ncc(Br)c(N2CCN(Cc3cncnc3)CC2)c1N. The number of hydrogen-bond donors (Lipinski definition) is 2. The smallest absolute Gasteiger partial charge is 0.148 e. The molecule has 0 aromatic carbocycles. The number of pyridine rings is 1. The van der Waals surface area contributed by atoms with Gasteiger partial charge in [0.15, 0.2) is 0 Å². The molecule has 3 heterocycles. The van der Waals surface area contributed by atoms with Crippen LogP contribution in [0, 0.1) is 0 Å². The normalized spacial score (nSPS) is 16.0.